The zero-order valence-corrected chi connectivity index (χ0v) is 11.7. The smallest absolute Gasteiger partial charge is 0.325 e. The molecule has 0 spiro atoms. The largest absolute Gasteiger partial charge is 0.480 e. The normalized spacial score (nSPS) is 10.3. The number of carbonyl (C=O) groups is 2. The molecule has 0 saturated heterocycles. The Morgan fingerprint density at radius 3 is 2.48 bits per heavy atom. The van der Waals surface area contributed by atoms with Crippen molar-refractivity contribution < 1.29 is 14.7 Å². The van der Waals surface area contributed by atoms with Gasteiger partial charge in [-0.2, -0.15) is 5.10 Å². The highest BCUT2D eigenvalue weighted by Crippen LogP contribution is 2.08. The predicted octanol–water partition coefficient (Wildman–Crippen LogP) is 1.71. The maximum Gasteiger partial charge on any atom is 0.325 e. The van der Waals surface area contributed by atoms with Crippen LogP contribution in [0.2, 0.25) is 0 Å². The van der Waals surface area contributed by atoms with Gasteiger partial charge < -0.3 is 10.4 Å². The zero-order chi connectivity index (χ0) is 15.2. The number of amides is 1. The van der Waals surface area contributed by atoms with E-state index in [1.165, 1.54) is 16.4 Å². The van der Waals surface area contributed by atoms with Gasteiger partial charge in [-0.25, -0.2) is 0 Å². The van der Waals surface area contributed by atoms with E-state index in [1.807, 2.05) is 24.3 Å². The van der Waals surface area contributed by atoms with E-state index in [1.54, 1.807) is 6.07 Å². The predicted molar refractivity (Wildman–Crippen MR) is 78.0 cm³/mol. The van der Waals surface area contributed by atoms with Crippen molar-refractivity contribution in [2.75, 3.05) is 5.32 Å². The van der Waals surface area contributed by atoms with E-state index in [-0.39, 0.29) is 18.9 Å². The lowest BCUT2D eigenvalue weighted by atomic mass is 10.1. The van der Waals surface area contributed by atoms with Gasteiger partial charge in [0.15, 0.2) is 5.82 Å². The maximum atomic E-state index is 11.9. The van der Waals surface area contributed by atoms with E-state index in [0.717, 1.165) is 12.0 Å². The number of nitrogens with one attached hydrogen (secondary N) is 1. The van der Waals surface area contributed by atoms with Crippen molar-refractivity contribution in [3.05, 3.63) is 47.7 Å². The van der Waals surface area contributed by atoms with E-state index in [9.17, 15) is 9.59 Å². The summed E-state index contributed by atoms with van der Waals surface area (Å²) in [7, 11) is 0. The maximum absolute atomic E-state index is 11.9. The van der Waals surface area contributed by atoms with Crippen LogP contribution in [0, 0.1) is 0 Å². The monoisotopic (exact) mass is 287 g/mol. The minimum absolute atomic E-state index is 0.181. The van der Waals surface area contributed by atoms with E-state index in [0.29, 0.717) is 5.82 Å². The number of nitrogens with zero attached hydrogens (tertiary/aromatic N) is 2. The molecular weight excluding hydrogens is 270 g/mol. The first-order valence-electron chi connectivity index (χ1n) is 6.69. The Balaban J connectivity index is 1.91. The molecule has 0 unspecified atom stereocenters. The van der Waals surface area contributed by atoms with Crippen molar-refractivity contribution in [1.29, 1.82) is 0 Å². The van der Waals surface area contributed by atoms with Crippen LogP contribution in [0.4, 0.5) is 5.82 Å². The topological polar surface area (TPSA) is 84.2 Å². The number of carboxylic acids is 1. The molecule has 0 aliphatic heterocycles. The van der Waals surface area contributed by atoms with Crippen LogP contribution in [-0.4, -0.2) is 26.8 Å². The minimum atomic E-state index is -0.980. The van der Waals surface area contributed by atoms with Gasteiger partial charge in [0, 0.05) is 12.3 Å². The number of carboxylic acid groups (broad SMARTS) is 1. The summed E-state index contributed by atoms with van der Waals surface area (Å²) >= 11 is 0. The van der Waals surface area contributed by atoms with E-state index in [2.05, 4.69) is 17.3 Å². The van der Waals surface area contributed by atoms with E-state index < -0.39 is 5.97 Å². The quantitative estimate of drug-likeness (QED) is 0.847. The van der Waals surface area contributed by atoms with Crippen molar-refractivity contribution >= 4 is 17.7 Å². The Morgan fingerprint density at radius 1 is 1.19 bits per heavy atom. The minimum Gasteiger partial charge on any atom is -0.480 e. The summed E-state index contributed by atoms with van der Waals surface area (Å²) < 4.78 is 1.26. The fraction of sp³-hybridized carbons (Fsp3) is 0.267. The van der Waals surface area contributed by atoms with Crippen molar-refractivity contribution in [2.45, 2.75) is 26.3 Å². The molecular formula is C15H17N3O3. The van der Waals surface area contributed by atoms with Crippen LogP contribution in [0.3, 0.4) is 0 Å². The Hall–Kier alpha value is -2.63. The van der Waals surface area contributed by atoms with Crippen LogP contribution < -0.4 is 5.32 Å². The molecule has 0 aliphatic carbocycles. The van der Waals surface area contributed by atoms with Gasteiger partial charge in [-0.1, -0.05) is 31.2 Å². The van der Waals surface area contributed by atoms with Crippen LogP contribution in [0.1, 0.15) is 18.1 Å². The molecule has 0 saturated carbocycles. The first-order valence-corrected chi connectivity index (χ1v) is 6.69. The molecule has 0 bridgehead atoms. The summed E-state index contributed by atoms with van der Waals surface area (Å²) in [5.41, 5.74) is 2.15. The van der Waals surface area contributed by atoms with Crippen LogP contribution in [0.25, 0.3) is 0 Å². The summed E-state index contributed by atoms with van der Waals surface area (Å²) in [5, 5.41) is 15.3. The SMILES string of the molecule is CCc1ccc(CC(=O)Nc2ccn(CC(=O)O)n2)cc1. The molecule has 21 heavy (non-hydrogen) atoms. The van der Waals surface area contributed by atoms with Crippen LogP contribution in [-0.2, 0) is 29.0 Å². The third kappa shape index (κ3) is 4.45. The van der Waals surface area contributed by atoms with Gasteiger partial charge in [0.25, 0.3) is 0 Å². The Labute approximate surface area is 122 Å². The highest BCUT2D eigenvalue weighted by molar-refractivity contribution is 5.91. The lowest BCUT2D eigenvalue weighted by molar-refractivity contribution is -0.137. The second-order valence-electron chi connectivity index (χ2n) is 4.69. The molecule has 0 aliphatic rings. The van der Waals surface area contributed by atoms with Gasteiger partial charge in [-0.15, -0.1) is 0 Å². The number of hydrogen-bond acceptors (Lipinski definition) is 3. The second kappa shape index (κ2) is 6.69. The van der Waals surface area contributed by atoms with Crippen molar-refractivity contribution in [3.63, 3.8) is 0 Å². The van der Waals surface area contributed by atoms with Gasteiger partial charge in [-0.3, -0.25) is 14.3 Å². The van der Waals surface area contributed by atoms with E-state index in [4.69, 9.17) is 5.11 Å². The molecule has 1 amide bonds. The molecule has 0 atom stereocenters. The molecule has 0 radical (unpaired) electrons. The molecule has 110 valence electrons. The number of carbonyl (C=O) groups excluding carboxylic acids is 1. The van der Waals surface area contributed by atoms with Gasteiger partial charge >= 0.3 is 5.97 Å². The highest BCUT2D eigenvalue weighted by Gasteiger charge is 2.07. The lowest BCUT2D eigenvalue weighted by Gasteiger charge is -2.03. The number of aryl methyl sites for hydroxylation is 1. The second-order valence-corrected chi connectivity index (χ2v) is 4.69. The van der Waals surface area contributed by atoms with Crippen LogP contribution in [0.5, 0.6) is 0 Å². The van der Waals surface area contributed by atoms with Crippen LogP contribution >= 0.6 is 0 Å². The van der Waals surface area contributed by atoms with Gasteiger partial charge in [0.05, 0.1) is 6.42 Å². The van der Waals surface area contributed by atoms with Crippen molar-refractivity contribution in [3.8, 4) is 0 Å². The summed E-state index contributed by atoms with van der Waals surface area (Å²) in [4.78, 5) is 22.4. The third-order valence-electron chi connectivity index (χ3n) is 3.00. The van der Waals surface area contributed by atoms with Crippen LogP contribution in [0.15, 0.2) is 36.5 Å². The Kier molecular flexibility index (Phi) is 4.71. The fourth-order valence-electron chi connectivity index (χ4n) is 1.92. The molecule has 2 N–H and O–H groups in total. The standard InChI is InChI=1S/C15H17N3O3/c1-2-11-3-5-12(6-4-11)9-14(19)16-13-7-8-18(17-13)10-15(20)21/h3-8H,2,9-10H2,1H3,(H,20,21)(H,16,17,19). The molecule has 6 nitrogen and oxygen atoms in total. The number of rotatable bonds is 6. The van der Waals surface area contributed by atoms with E-state index >= 15 is 0 Å². The van der Waals surface area contributed by atoms with Crippen molar-refractivity contribution in [2.24, 2.45) is 0 Å². The number of benzene rings is 1. The Bertz CT molecular complexity index is 632. The molecule has 1 heterocycles. The highest BCUT2D eigenvalue weighted by atomic mass is 16.4. The zero-order valence-electron chi connectivity index (χ0n) is 11.7. The van der Waals surface area contributed by atoms with Gasteiger partial charge in [0.2, 0.25) is 5.91 Å². The summed E-state index contributed by atoms with van der Waals surface area (Å²) in [6.07, 6.45) is 2.74. The summed E-state index contributed by atoms with van der Waals surface area (Å²) in [6.45, 7) is 1.85. The molecule has 1 aromatic heterocycles. The Morgan fingerprint density at radius 2 is 1.86 bits per heavy atom. The first kappa shape index (κ1) is 14.8. The summed E-state index contributed by atoms with van der Waals surface area (Å²) in [6, 6.07) is 9.44. The molecule has 2 rings (SSSR count). The third-order valence-corrected chi connectivity index (χ3v) is 3.00. The number of hydrogen-bond donors (Lipinski definition) is 2. The molecule has 6 heteroatoms. The average molecular weight is 287 g/mol. The lowest BCUT2D eigenvalue weighted by Crippen LogP contribution is -2.15. The molecule has 2 aromatic rings. The first-order chi connectivity index (χ1) is 10.1. The molecule has 1 aromatic carbocycles. The fourth-order valence-corrected chi connectivity index (χ4v) is 1.92. The van der Waals surface area contributed by atoms with Crippen molar-refractivity contribution in [1.82, 2.24) is 9.78 Å². The average Bonchev–Trinajstić information content (AvgIpc) is 2.85. The number of aliphatic carboxylic acids is 1. The van der Waals surface area contributed by atoms with Gasteiger partial charge in [0.1, 0.15) is 6.54 Å². The van der Waals surface area contributed by atoms with Gasteiger partial charge in [-0.05, 0) is 17.5 Å². The number of anilines is 1. The summed E-state index contributed by atoms with van der Waals surface area (Å²) in [5.74, 6) is -0.807. The number of aromatic nitrogens is 2. The molecule has 0 fully saturated rings.